The SMILES string of the molecule is CCOc1ccccc1[C@H]1[C@H]2CCCC[C@]2(O)CCN1C(=O)c1cccs1. The van der Waals surface area contributed by atoms with E-state index < -0.39 is 5.60 Å². The summed E-state index contributed by atoms with van der Waals surface area (Å²) in [5.41, 5.74) is 0.336. The Morgan fingerprint density at radius 1 is 1.26 bits per heavy atom. The number of rotatable bonds is 4. The number of amides is 1. The van der Waals surface area contributed by atoms with Crippen molar-refractivity contribution in [3.05, 3.63) is 52.2 Å². The molecule has 1 saturated heterocycles. The van der Waals surface area contributed by atoms with Crippen LogP contribution in [0.25, 0.3) is 0 Å². The van der Waals surface area contributed by atoms with E-state index in [0.29, 0.717) is 19.6 Å². The first-order chi connectivity index (χ1) is 13.1. The number of nitrogens with zero attached hydrogens (tertiary/aromatic N) is 1. The summed E-state index contributed by atoms with van der Waals surface area (Å²) in [4.78, 5) is 16.0. The number of thiophene rings is 1. The van der Waals surface area contributed by atoms with E-state index in [4.69, 9.17) is 4.74 Å². The van der Waals surface area contributed by atoms with E-state index in [0.717, 1.165) is 41.9 Å². The summed E-state index contributed by atoms with van der Waals surface area (Å²) >= 11 is 1.48. The van der Waals surface area contributed by atoms with Crippen molar-refractivity contribution in [2.24, 2.45) is 5.92 Å². The molecule has 3 atom stereocenters. The van der Waals surface area contributed by atoms with Gasteiger partial charge in [0.1, 0.15) is 5.75 Å². The van der Waals surface area contributed by atoms with Crippen molar-refractivity contribution in [3.63, 3.8) is 0 Å². The maximum absolute atomic E-state index is 13.3. The number of aliphatic hydroxyl groups is 1. The molecular formula is C22H27NO3S. The van der Waals surface area contributed by atoms with Gasteiger partial charge in [-0.3, -0.25) is 4.79 Å². The summed E-state index contributed by atoms with van der Waals surface area (Å²) in [6.07, 6.45) is 4.58. The van der Waals surface area contributed by atoms with Crippen molar-refractivity contribution >= 4 is 17.2 Å². The summed E-state index contributed by atoms with van der Waals surface area (Å²) in [5.74, 6) is 0.934. The highest BCUT2D eigenvalue weighted by atomic mass is 32.1. The molecule has 2 heterocycles. The number of hydrogen-bond donors (Lipinski definition) is 1. The summed E-state index contributed by atoms with van der Waals surface area (Å²) in [7, 11) is 0. The molecule has 5 heteroatoms. The zero-order chi connectivity index (χ0) is 18.9. The third-order valence-electron chi connectivity index (χ3n) is 6.10. The minimum Gasteiger partial charge on any atom is -0.494 e. The second kappa shape index (κ2) is 7.64. The number of fused-ring (bicyclic) bond motifs is 1. The Kier molecular flexibility index (Phi) is 5.24. The summed E-state index contributed by atoms with van der Waals surface area (Å²) in [6, 6.07) is 11.7. The van der Waals surface area contributed by atoms with Gasteiger partial charge in [0.05, 0.1) is 23.1 Å². The van der Waals surface area contributed by atoms with Crippen molar-refractivity contribution < 1.29 is 14.6 Å². The molecule has 2 aromatic rings. The molecule has 0 unspecified atom stereocenters. The highest BCUT2D eigenvalue weighted by Crippen LogP contribution is 2.51. The number of hydrogen-bond acceptors (Lipinski definition) is 4. The predicted octanol–water partition coefficient (Wildman–Crippen LogP) is 4.66. The van der Waals surface area contributed by atoms with Crippen LogP contribution in [0.15, 0.2) is 41.8 Å². The lowest BCUT2D eigenvalue weighted by Gasteiger charge is -2.52. The normalized spacial score (nSPS) is 27.9. The van der Waals surface area contributed by atoms with Gasteiger partial charge in [0, 0.05) is 18.0 Å². The standard InChI is InChI=1S/C22H27NO3S/c1-2-26-18-10-4-3-8-16(18)20-17-9-5-6-12-22(17,25)13-14-23(20)21(24)19-11-7-15-27-19/h3-4,7-8,10-11,15,17,20,25H,2,5-6,9,12-14H2,1H3/t17-,20+,22+/m1/s1. The van der Waals surface area contributed by atoms with Gasteiger partial charge < -0.3 is 14.7 Å². The molecule has 1 N–H and O–H groups in total. The van der Waals surface area contributed by atoms with Crippen LogP contribution in [0, 0.1) is 5.92 Å². The summed E-state index contributed by atoms with van der Waals surface area (Å²) in [5, 5.41) is 13.3. The number of carbonyl (C=O) groups excluding carboxylic acids is 1. The fraction of sp³-hybridized carbons (Fsp3) is 0.500. The van der Waals surface area contributed by atoms with Crippen molar-refractivity contribution in [1.82, 2.24) is 4.90 Å². The van der Waals surface area contributed by atoms with Crippen molar-refractivity contribution in [2.45, 2.75) is 50.7 Å². The largest absolute Gasteiger partial charge is 0.494 e. The number of benzene rings is 1. The van der Waals surface area contributed by atoms with E-state index in [1.54, 1.807) is 0 Å². The van der Waals surface area contributed by atoms with Gasteiger partial charge in [0.2, 0.25) is 0 Å². The second-order valence-electron chi connectivity index (χ2n) is 7.60. The zero-order valence-corrected chi connectivity index (χ0v) is 16.6. The Balaban J connectivity index is 1.78. The van der Waals surface area contributed by atoms with Gasteiger partial charge in [0.15, 0.2) is 0 Å². The second-order valence-corrected chi connectivity index (χ2v) is 8.55. The number of para-hydroxylation sites is 1. The topological polar surface area (TPSA) is 49.8 Å². The molecule has 1 aromatic heterocycles. The molecule has 144 valence electrons. The van der Waals surface area contributed by atoms with Gasteiger partial charge in [-0.15, -0.1) is 11.3 Å². The molecule has 1 aliphatic carbocycles. The van der Waals surface area contributed by atoms with E-state index in [2.05, 4.69) is 6.07 Å². The van der Waals surface area contributed by atoms with E-state index in [-0.39, 0.29) is 17.9 Å². The molecule has 1 amide bonds. The number of likely N-dealkylation sites (tertiary alicyclic amines) is 1. The van der Waals surface area contributed by atoms with Crippen LogP contribution in [0.2, 0.25) is 0 Å². The molecular weight excluding hydrogens is 358 g/mol. The molecule has 4 nitrogen and oxygen atoms in total. The Bertz CT molecular complexity index is 791. The molecule has 2 aliphatic rings. The first-order valence-corrected chi connectivity index (χ1v) is 10.8. The maximum Gasteiger partial charge on any atom is 0.264 e. The molecule has 0 bridgehead atoms. The lowest BCUT2D eigenvalue weighted by molar-refractivity contribution is -0.115. The summed E-state index contributed by atoms with van der Waals surface area (Å²) < 4.78 is 5.90. The Hall–Kier alpha value is -1.85. The fourth-order valence-electron chi connectivity index (χ4n) is 4.85. The number of piperidine rings is 1. The maximum atomic E-state index is 13.3. The van der Waals surface area contributed by atoms with E-state index in [9.17, 15) is 9.90 Å². The molecule has 0 radical (unpaired) electrons. The first-order valence-electron chi connectivity index (χ1n) is 9.92. The molecule has 1 aliphatic heterocycles. The predicted molar refractivity (Wildman–Crippen MR) is 107 cm³/mol. The van der Waals surface area contributed by atoms with Crippen LogP contribution in [0.5, 0.6) is 5.75 Å². The number of carbonyl (C=O) groups is 1. The average molecular weight is 386 g/mol. The minimum absolute atomic E-state index is 0.0468. The summed E-state index contributed by atoms with van der Waals surface area (Å²) in [6.45, 7) is 3.13. The van der Waals surface area contributed by atoms with Crippen LogP contribution < -0.4 is 4.74 Å². The van der Waals surface area contributed by atoms with Gasteiger partial charge >= 0.3 is 0 Å². The van der Waals surface area contributed by atoms with Gasteiger partial charge in [-0.05, 0) is 43.7 Å². The number of ether oxygens (including phenoxy) is 1. The quantitative estimate of drug-likeness (QED) is 0.833. The van der Waals surface area contributed by atoms with Crippen LogP contribution in [0.1, 0.15) is 60.3 Å². The van der Waals surface area contributed by atoms with Crippen molar-refractivity contribution in [1.29, 1.82) is 0 Å². The van der Waals surface area contributed by atoms with Crippen molar-refractivity contribution in [2.75, 3.05) is 13.2 Å². The zero-order valence-electron chi connectivity index (χ0n) is 15.8. The Labute approximate surface area is 164 Å². The first kappa shape index (κ1) is 18.5. The van der Waals surface area contributed by atoms with Gasteiger partial charge in [-0.2, -0.15) is 0 Å². The van der Waals surface area contributed by atoms with Crippen LogP contribution in [-0.4, -0.2) is 34.7 Å². The Morgan fingerprint density at radius 2 is 2.11 bits per heavy atom. The highest BCUT2D eigenvalue weighted by molar-refractivity contribution is 7.12. The van der Waals surface area contributed by atoms with Gasteiger partial charge in [-0.1, -0.05) is 37.1 Å². The highest BCUT2D eigenvalue weighted by Gasteiger charge is 2.51. The molecule has 1 saturated carbocycles. The smallest absolute Gasteiger partial charge is 0.264 e. The van der Waals surface area contributed by atoms with Crippen LogP contribution in [-0.2, 0) is 0 Å². The third-order valence-corrected chi connectivity index (χ3v) is 6.96. The van der Waals surface area contributed by atoms with E-state index >= 15 is 0 Å². The third kappa shape index (κ3) is 3.39. The monoisotopic (exact) mass is 385 g/mol. The lowest BCUT2D eigenvalue weighted by Crippen LogP contribution is -2.56. The average Bonchev–Trinajstić information content (AvgIpc) is 3.22. The molecule has 1 aromatic carbocycles. The van der Waals surface area contributed by atoms with Crippen molar-refractivity contribution in [3.8, 4) is 5.75 Å². The van der Waals surface area contributed by atoms with Crippen LogP contribution in [0.4, 0.5) is 0 Å². The molecule has 0 spiro atoms. The van der Waals surface area contributed by atoms with Crippen LogP contribution in [0.3, 0.4) is 0 Å². The lowest BCUT2D eigenvalue weighted by atomic mass is 9.66. The molecule has 27 heavy (non-hydrogen) atoms. The van der Waals surface area contributed by atoms with Crippen LogP contribution >= 0.6 is 11.3 Å². The van der Waals surface area contributed by atoms with E-state index in [1.165, 1.54) is 11.3 Å². The minimum atomic E-state index is -0.686. The van der Waals surface area contributed by atoms with Gasteiger partial charge in [-0.25, -0.2) is 0 Å². The van der Waals surface area contributed by atoms with E-state index in [1.807, 2.05) is 47.5 Å². The fourth-order valence-corrected chi connectivity index (χ4v) is 5.53. The Morgan fingerprint density at radius 3 is 2.89 bits per heavy atom. The molecule has 2 fully saturated rings. The molecule has 4 rings (SSSR count). The van der Waals surface area contributed by atoms with Gasteiger partial charge in [0.25, 0.3) is 5.91 Å².